The third-order valence-corrected chi connectivity index (χ3v) is 6.50. The van der Waals surface area contributed by atoms with Crippen molar-refractivity contribution >= 4 is 39.1 Å². The summed E-state index contributed by atoms with van der Waals surface area (Å²) >= 11 is 3.00. The van der Waals surface area contributed by atoms with E-state index in [4.69, 9.17) is 4.98 Å². The molecule has 4 nitrogen and oxygen atoms in total. The average Bonchev–Trinajstić information content (AvgIpc) is 3.05. The summed E-state index contributed by atoms with van der Waals surface area (Å²) in [5.41, 5.74) is 5.06. The number of hydrogen-bond acceptors (Lipinski definition) is 5. The molecule has 3 rings (SSSR count). The minimum atomic E-state index is -0.0366. The van der Waals surface area contributed by atoms with Crippen molar-refractivity contribution in [3.05, 3.63) is 68.3 Å². The highest BCUT2D eigenvalue weighted by molar-refractivity contribution is 7.98. The van der Waals surface area contributed by atoms with Crippen LogP contribution in [0.25, 0.3) is 10.2 Å². The van der Waals surface area contributed by atoms with E-state index in [1.807, 2.05) is 25.3 Å². The Kier molecular flexibility index (Phi) is 5.67. The first-order chi connectivity index (χ1) is 12.8. The number of rotatable bonds is 6. The van der Waals surface area contributed by atoms with Crippen molar-refractivity contribution in [2.45, 2.75) is 45.1 Å². The standard InChI is InChI=1S/C21H22N2O2S2/c1-6-8-23-20(25)16-7-9-26-19(16)22-21(23)27-11-17-12(2)10-13(3)18(14(17)4)15(5)24/h6-7,9-10H,1,8,11H2,2-5H3. The molecule has 0 atom stereocenters. The molecular formula is C21H22N2O2S2. The van der Waals surface area contributed by atoms with E-state index < -0.39 is 0 Å². The van der Waals surface area contributed by atoms with Gasteiger partial charge in [0.05, 0.1) is 5.39 Å². The molecule has 0 unspecified atom stereocenters. The first-order valence-corrected chi connectivity index (χ1v) is 10.5. The van der Waals surface area contributed by atoms with Crippen molar-refractivity contribution in [2.75, 3.05) is 0 Å². The Morgan fingerprint density at radius 3 is 2.74 bits per heavy atom. The van der Waals surface area contributed by atoms with Gasteiger partial charge in [0.2, 0.25) is 0 Å². The zero-order chi connectivity index (χ0) is 19.7. The summed E-state index contributed by atoms with van der Waals surface area (Å²) in [7, 11) is 0. The van der Waals surface area contributed by atoms with Crippen LogP contribution in [0.1, 0.15) is 39.5 Å². The number of aromatic nitrogens is 2. The Morgan fingerprint density at radius 1 is 1.33 bits per heavy atom. The number of aryl methyl sites for hydroxylation is 2. The molecule has 0 N–H and O–H groups in total. The van der Waals surface area contributed by atoms with Crippen LogP contribution in [0.4, 0.5) is 0 Å². The lowest BCUT2D eigenvalue weighted by molar-refractivity contribution is 0.101. The molecule has 1 aromatic carbocycles. The highest BCUT2D eigenvalue weighted by Crippen LogP contribution is 2.30. The van der Waals surface area contributed by atoms with Gasteiger partial charge >= 0.3 is 0 Å². The van der Waals surface area contributed by atoms with Crippen LogP contribution >= 0.6 is 23.1 Å². The molecule has 140 valence electrons. The topological polar surface area (TPSA) is 52.0 Å². The summed E-state index contributed by atoms with van der Waals surface area (Å²) in [6, 6.07) is 3.88. The predicted octanol–water partition coefficient (Wildman–Crippen LogP) is 5.06. The fourth-order valence-electron chi connectivity index (χ4n) is 3.46. The fourth-order valence-corrected chi connectivity index (χ4v) is 5.46. The largest absolute Gasteiger partial charge is 0.294 e. The van der Waals surface area contributed by atoms with Gasteiger partial charge in [-0.15, -0.1) is 17.9 Å². The molecule has 0 spiro atoms. The van der Waals surface area contributed by atoms with Gasteiger partial charge in [-0.05, 0) is 61.4 Å². The van der Waals surface area contributed by atoms with E-state index in [0.29, 0.717) is 22.8 Å². The monoisotopic (exact) mass is 398 g/mol. The highest BCUT2D eigenvalue weighted by Gasteiger charge is 2.17. The van der Waals surface area contributed by atoms with Crippen molar-refractivity contribution in [3.63, 3.8) is 0 Å². The molecule has 0 aliphatic carbocycles. The second kappa shape index (κ2) is 7.82. The molecule has 3 aromatic rings. The molecule has 0 aliphatic rings. The number of Topliss-reactive ketones (excluding diaryl/α,β-unsaturated/α-hetero) is 1. The van der Waals surface area contributed by atoms with Gasteiger partial charge in [-0.3, -0.25) is 14.2 Å². The molecule has 0 saturated carbocycles. The summed E-state index contributed by atoms with van der Waals surface area (Å²) in [5.74, 6) is 0.733. The molecule has 27 heavy (non-hydrogen) atoms. The van der Waals surface area contributed by atoms with E-state index in [2.05, 4.69) is 19.6 Å². The van der Waals surface area contributed by atoms with E-state index in [1.165, 1.54) is 23.1 Å². The third kappa shape index (κ3) is 3.64. The van der Waals surface area contributed by atoms with Crippen LogP contribution in [0, 0.1) is 20.8 Å². The predicted molar refractivity (Wildman–Crippen MR) is 114 cm³/mol. The molecule has 6 heteroatoms. The fraction of sp³-hybridized carbons (Fsp3) is 0.286. The van der Waals surface area contributed by atoms with Crippen LogP contribution in [-0.4, -0.2) is 15.3 Å². The average molecular weight is 399 g/mol. The van der Waals surface area contributed by atoms with Crippen LogP contribution in [0.5, 0.6) is 0 Å². The van der Waals surface area contributed by atoms with Crippen molar-refractivity contribution < 1.29 is 4.79 Å². The van der Waals surface area contributed by atoms with Gasteiger partial charge in [0.15, 0.2) is 10.9 Å². The number of thiophene rings is 1. The summed E-state index contributed by atoms with van der Waals surface area (Å²) < 4.78 is 1.66. The van der Waals surface area contributed by atoms with Gasteiger partial charge < -0.3 is 0 Å². The molecular weight excluding hydrogens is 376 g/mol. The van der Waals surface area contributed by atoms with Gasteiger partial charge in [0.25, 0.3) is 5.56 Å². The Bertz CT molecular complexity index is 1110. The molecule has 0 saturated heterocycles. The first-order valence-electron chi connectivity index (χ1n) is 8.67. The van der Waals surface area contributed by atoms with E-state index in [0.717, 1.165) is 32.6 Å². The molecule has 0 bridgehead atoms. The number of allylic oxidation sites excluding steroid dienone is 1. The lowest BCUT2D eigenvalue weighted by Crippen LogP contribution is -2.22. The summed E-state index contributed by atoms with van der Waals surface area (Å²) in [6.07, 6.45) is 1.71. The molecule has 0 amide bonds. The third-order valence-electron chi connectivity index (χ3n) is 4.69. The van der Waals surface area contributed by atoms with Crippen LogP contribution in [0.15, 0.2) is 40.1 Å². The second-order valence-electron chi connectivity index (χ2n) is 6.57. The minimum absolute atomic E-state index is 0.0366. The van der Waals surface area contributed by atoms with Crippen molar-refractivity contribution in [1.82, 2.24) is 9.55 Å². The molecule has 0 aliphatic heterocycles. The van der Waals surface area contributed by atoms with E-state index in [1.54, 1.807) is 17.6 Å². The number of fused-ring (bicyclic) bond motifs is 1. The van der Waals surface area contributed by atoms with Gasteiger partial charge in [-0.2, -0.15) is 0 Å². The Morgan fingerprint density at radius 2 is 2.07 bits per heavy atom. The van der Waals surface area contributed by atoms with Crippen molar-refractivity contribution in [3.8, 4) is 0 Å². The van der Waals surface area contributed by atoms with E-state index in [-0.39, 0.29) is 11.3 Å². The number of nitrogens with zero attached hydrogens (tertiary/aromatic N) is 2. The Hall–Kier alpha value is -2.18. The van der Waals surface area contributed by atoms with Gasteiger partial charge in [-0.1, -0.05) is 23.9 Å². The van der Waals surface area contributed by atoms with Gasteiger partial charge in [-0.25, -0.2) is 4.98 Å². The van der Waals surface area contributed by atoms with E-state index in [9.17, 15) is 9.59 Å². The van der Waals surface area contributed by atoms with Crippen molar-refractivity contribution in [1.29, 1.82) is 0 Å². The summed E-state index contributed by atoms with van der Waals surface area (Å²) in [5, 5.41) is 3.21. The van der Waals surface area contributed by atoms with Gasteiger partial charge in [0, 0.05) is 17.9 Å². The van der Waals surface area contributed by atoms with Crippen LogP contribution in [0.3, 0.4) is 0 Å². The Balaban J connectivity index is 2.04. The molecule has 2 aromatic heterocycles. The first kappa shape index (κ1) is 19.6. The maximum atomic E-state index is 12.8. The molecule has 0 fully saturated rings. The maximum absolute atomic E-state index is 12.8. The lowest BCUT2D eigenvalue weighted by Gasteiger charge is -2.16. The number of ketones is 1. The highest BCUT2D eigenvalue weighted by atomic mass is 32.2. The minimum Gasteiger partial charge on any atom is -0.294 e. The number of carbonyl (C=O) groups excluding carboxylic acids is 1. The Labute approximate surface area is 167 Å². The quantitative estimate of drug-likeness (QED) is 0.252. The van der Waals surface area contributed by atoms with Crippen molar-refractivity contribution in [2.24, 2.45) is 0 Å². The molecule has 0 radical (unpaired) electrons. The van der Waals surface area contributed by atoms with Gasteiger partial charge in [0.1, 0.15) is 4.83 Å². The smallest absolute Gasteiger partial charge is 0.263 e. The summed E-state index contributed by atoms with van der Waals surface area (Å²) in [6.45, 7) is 11.8. The summed E-state index contributed by atoms with van der Waals surface area (Å²) in [4.78, 5) is 30.3. The number of benzene rings is 1. The maximum Gasteiger partial charge on any atom is 0.263 e. The number of carbonyl (C=O) groups is 1. The SMILES string of the molecule is C=CCn1c(SCc2c(C)cc(C)c(C(C)=O)c2C)nc2sccc2c1=O. The molecule has 2 heterocycles. The second-order valence-corrected chi connectivity index (χ2v) is 8.41. The lowest BCUT2D eigenvalue weighted by atomic mass is 9.92. The number of hydrogen-bond donors (Lipinski definition) is 0. The zero-order valence-electron chi connectivity index (χ0n) is 16.0. The van der Waals surface area contributed by atoms with Crippen LogP contribution in [0.2, 0.25) is 0 Å². The zero-order valence-corrected chi connectivity index (χ0v) is 17.6. The van der Waals surface area contributed by atoms with Crippen LogP contribution in [-0.2, 0) is 12.3 Å². The van der Waals surface area contributed by atoms with Crippen LogP contribution < -0.4 is 5.56 Å². The number of thioether (sulfide) groups is 1. The normalized spacial score (nSPS) is 11.1. The van der Waals surface area contributed by atoms with E-state index >= 15 is 0 Å².